The van der Waals surface area contributed by atoms with Crippen LogP contribution in [0.3, 0.4) is 0 Å². The first-order valence-electron chi connectivity index (χ1n) is 9.38. The highest BCUT2D eigenvalue weighted by molar-refractivity contribution is 5.86. The van der Waals surface area contributed by atoms with Crippen LogP contribution in [0.25, 0.3) is 0 Å². The van der Waals surface area contributed by atoms with E-state index in [-0.39, 0.29) is 5.91 Å². The second kappa shape index (κ2) is 7.89. The van der Waals surface area contributed by atoms with Gasteiger partial charge in [-0.25, -0.2) is 0 Å². The Morgan fingerprint density at radius 1 is 1.40 bits per heavy atom. The molecule has 1 saturated heterocycles. The van der Waals surface area contributed by atoms with Gasteiger partial charge in [0.2, 0.25) is 5.91 Å². The summed E-state index contributed by atoms with van der Waals surface area (Å²) in [7, 11) is 1.75. The lowest BCUT2D eigenvalue weighted by Crippen LogP contribution is -2.48. The fourth-order valence-corrected chi connectivity index (χ4v) is 3.53. The Morgan fingerprint density at radius 3 is 2.84 bits per heavy atom. The standard InChI is InChI=1S/C18H30N6O/c1-13(2)24-12-14-6-7-15(10-16(14)22-24)21-18(19-3)20-11-17(25)23-8-4-5-9-23/h12-13,15H,4-11H2,1-3H3,(H2,19,20,21). The van der Waals surface area contributed by atoms with Crippen LogP contribution in [0.2, 0.25) is 0 Å². The maximum absolute atomic E-state index is 12.2. The lowest BCUT2D eigenvalue weighted by molar-refractivity contribution is -0.128. The van der Waals surface area contributed by atoms with Gasteiger partial charge in [-0.05, 0) is 45.1 Å². The van der Waals surface area contributed by atoms with Crippen molar-refractivity contribution in [2.45, 2.75) is 58.0 Å². The van der Waals surface area contributed by atoms with Crippen molar-refractivity contribution in [2.75, 3.05) is 26.7 Å². The summed E-state index contributed by atoms with van der Waals surface area (Å²) in [6, 6.07) is 0.694. The first-order valence-corrected chi connectivity index (χ1v) is 9.38. The van der Waals surface area contributed by atoms with Gasteiger partial charge in [-0.15, -0.1) is 0 Å². The fourth-order valence-electron chi connectivity index (χ4n) is 3.53. The lowest BCUT2D eigenvalue weighted by atomic mass is 9.94. The van der Waals surface area contributed by atoms with Crippen molar-refractivity contribution in [3.63, 3.8) is 0 Å². The van der Waals surface area contributed by atoms with Crippen LogP contribution < -0.4 is 10.6 Å². The van der Waals surface area contributed by atoms with E-state index in [2.05, 4.69) is 40.4 Å². The van der Waals surface area contributed by atoms with Gasteiger partial charge < -0.3 is 15.5 Å². The van der Waals surface area contributed by atoms with Crippen LogP contribution >= 0.6 is 0 Å². The highest BCUT2D eigenvalue weighted by Gasteiger charge is 2.23. The molecule has 3 rings (SSSR count). The number of aliphatic imine (C=N–C) groups is 1. The van der Waals surface area contributed by atoms with Gasteiger partial charge in [0.25, 0.3) is 0 Å². The predicted octanol–water partition coefficient (Wildman–Crippen LogP) is 1.11. The van der Waals surface area contributed by atoms with Gasteiger partial charge in [0.05, 0.1) is 12.2 Å². The fraction of sp³-hybridized carbons (Fsp3) is 0.722. The molecule has 1 atom stereocenters. The molecular weight excluding hydrogens is 316 g/mol. The molecule has 2 heterocycles. The third-order valence-corrected chi connectivity index (χ3v) is 5.06. The van der Waals surface area contributed by atoms with E-state index in [0.717, 1.165) is 45.2 Å². The third-order valence-electron chi connectivity index (χ3n) is 5.06. The number of aryl methyl sites for hydroxylation is 1. The van der Waals surface area contributed by atoms with Crippen LogP contribution in [0.1, 0.15) is 50.4 Å². The largest absolute Gasteiger partial charge is 0.353 e. The molecule has 2 aliphatic rings. The number of nitrogens with one attached hydrogen (secondary N) is 2. The summed E-state index contributed by atoms with van der Waals surface area (Å²) in [5, 5.41) is 11.3. The lowest BCUT2D eigenvalue weighted by Gasteiger charge is -2.25. The van der Waals surface area contributed by atoms with Crippen LogP contribution in [0.5, 0.6) is 0 Å². The number of amides is 1. The number of hydrogen-bond acceptors (Lipinski definition) is 3. The second-order valence-electron chi connectivity index (χ2n) is 7.27. The smallest absolute Gasteiger partial charge is 0.241 e. The molecule has 138 valence electrons. The summed E-state index contributed by atoms with van der Waals surface area (Å²) < 4.78 is 2.05. The molecule has 7 heteroatoms. The number of fused-ring (bicyclic) bond motifs is 1. The Balaban J connectivity index is 1.51. The number of carbonyl (C=O) groups excluding carboxylic acids is 1. The number of nitrogens with zero attached hydrogens (tertiary/aromatic N) is 4. The molecule has 0 saturated carbocycles. The molecule has 0 radical (unpaired) electrons. The average Bonchev–Trinajstić information content (AvgIpc) is 3.27. The summed E-state index contributed by atoms with van der Waals surface area (Å²) in [6.07, 6.45) is 7.40. The van der Waals surface area contributed by atoms with Crippen molar-refractivity contribution >= 4 is 11.9 Å². The zero-order chi connectivity index (χ0) is 17.8. The van der Waals surface area contributed by atoms with E-state index in [0.29, 0.717) is 24.6 Å². The monoisotopic (exact) mass is 346 g/mol. The molecule has 1 aromatic rings. The number of hydrogen-bond donors (Lipinski definition) is 2. The molecule has 0 spiro atoms. The van der Waals surface area contributed by atoms with Crippen LogP contribution in [-0.2, 0) is 17.6 Å². The molecule has 1 fully saturated rings. The SMILES string of the molecule is CN=C(NCC(=O)N1CCCC1)NC1CCc2cn(C(C)C)nc2C1. The Hall–Kier alpha value is -2.05. The number of aromatic nitrogens is 2. The van der Waals surface area contributed by atoms with E-state index in [1.807, 2.05) is 4.90 Å². The van der Waals surface area contributed by atoms with Gasteiger partial charge >= 0.3 is 0 Å². The first-order chi connectivity index (χ1) is 12.1. The van der Waals surface area contributed by atoms with Crippen LogP contribution in [0.4, 0.5) is 0 Å². The molecule has 1 aliphatic heterocycles. The zero-order valence-corrected chi connectivity index (χ0v) is 15.6. The molecule has 2 N–H and O–H groups in total. The van der Waals surface area contributed by atoms with Crippen molar-refractivity contribution in [3.05, 3.63) is 17.5 Å². The highest BCUT2D eigenvalue weighted by Crippen LogP contribution is 2.21. The number of rotatable bonds is 4. The van der Waals surface area contributed by atoms with Gasteiger partial charge in [-0.3, -0.25) is 14.5 Å². The van der Waals surface area contributed by atoms with Gasteiger partial charge in [0.1, 0.15) is 0 Å². The average molecular weight is 346 g/mol. The minimum atomic E-state index is 0.155. The predicted molar refractivity (Wildman–Crippen MR) is 98.7 cm³/mol. The molecule has 0 bridgehead atoms. The van der Waals surface area contributed by atoms with E-state index in [9.17, 15) is 4.79 Å². The topological polar surface area (TPSA) is 74.6 Å². The van der Waals surface area contributed by atoms with E-state index in [4.69, 9.17) is 5.10 Å². The Kier molecular flexibility index (Phi) is 5.60. The Bertz CT molecular complexity index is 630. The van der Waals surface area contributed by atoms with Crippen LogP contribution in [-0.4, -0.2) is 59.3 Å². The molecule has 1 unspecified atom stereocenters. The van der Waals surface area contributed by atoms with E-state index in [1.165, 1.54) is 11.3 Å². The van der Waals surface area contributed by atoms with Crippen molar-refractivity contribution in [1.82, 2.24) is 25.3 Å². The van der Waals surface area contributed by atoms with Crippen molar-refractivity contribution in [3.8, 4) is 0 Å². The van der Waals surface area contributed by atoms with Gasteiger partial charge in [0, 0.05) is 44.8 Å². The van der Waals surface area contributed by atoms with Gasteiger partial charge in [-0.2, -0.15) is 5.10 Å². The zero-order valence-electron chi connectivity index (χ0n) is 15.6. The number of likely N-dealkylation sites (tertiary alicyclic amines) is 1. The molecule has 1 aliphatic carbocycles. The molecule has 1 amide bonds. The van der Waals surface area contributed by atoms with Gasteiger partial charge in [0.15, 0.2) is 5.96 Å². The molecule has 1 aromatic heterocycles. The van der Waals surface area contributed by atoms with Gasteiger partial charge in [-0.1, -0.05) is 0 Å². The summed E-state index contributed by atoms with van der Waals surface area (Å²) >= 11 is 0. The summed E-state index contributed by atoms with van der Waals surface area (Å²) in [5.41, 5.74) is 2.54. The van der Waals surface area contributed by atoms with E-state index >= 15 is 0 Å². The van der Waals surface area contributed by atoms with Crippen molar-refractivity contribution in [2.24, 2.45) is 4.99 Å². The molecule has 0 aromatic carbocycles. The third kappa shape index (κ3) is 4.32. The minimum absolute atomic E-state index is 0.155. The van der Waals surface area contributed by atoms with E-state index < -0.39 is 0 Å². The summed E-state index contributed by atoms with van der Waals surface area (Å²) in [4.78, 5) is 18.3. The van der Waals surface area contributed by atoms with Crippen molar-refractivity contribution in [1.29, 1.82) is 0 Å². The Morgan fingerprint density at radius 2 is 2.16 bits per heavy atom. The quantitative estimate of drug-likeness (QED) is 0.633. The summed E-state index contributed by atoms with van der Waals surface area (Å²) in [5.74, 6) is 0.853. The van der Waals surface area contributed by atoms with E-state index in [1.54, 1.807) is 7.05 Å². The highest BCUT2D eigenvalue weighted by atomic mass is 16.2. The molecule has 7 nitrogen and oxygen atoms in total. The minimum Gasteiger partial charge on any atom is -0.353 e. The molecular formula is C18H30N6O. The summed E-state index contributed by atoms with van der Waals surface area (Å²) in [6.45, 7) is 6.38. The van der Waals surface area contributed by atoms with Crippen molar-refractivity contribution < 1.29 is 4.79 Å². The Labute approximate surface area is 149 Å². The normalized spacial score (nSPS) is 20.7. The maximum Gasteiger partial charge on any atom is 0.241 e. The molecule has 25 heavy (non-hydrogen) atoms. The number of carbonyl (C=O) groups is 1. The number of guanidine groups is 1. The van der Waals surface area contributed by atoms with Crippen LogP contribution in [0.15, 0.2) is 11.2 Å². The first kappa shape index (κ1) is 17.8. The maximum atomic E-state index is 12.2. The second-order valence-corrected chi connectivity index (χ2v) is 7.27. The van der Waals surface area contributed by atoms with Crippen LogP contribution in [0, 0.1) is 0 Å².